The maximum atomic E-state index is 15.1. The number of likely N-dealkylation sites (tertiary alicyclic amines) is 1. The summed E-state index contributed by atoms with van der Waals surface area (Å²) in [6.07, 6.45) is 10.5. The van der Waals surface area contributed by atoms with Crippen molar-refractivity contribution in [3.8, 4) is 0 Å². The summed E-state index contributed by atoms with van der Waals surface area (Å²) in [6, 6.07) is 17.6. The molecule has 4 fully saturated rings. The summed E-state index contributed by atoms with van der Waals surface area (Å²) >= 11 is 0. The first kappa shape index (κ1) is 33.2. The van der Waals surface area contributed by atoms with Crippen molar-refractivity contribution in [3.63, 3.8) is 0 Å². The van der Waals surface area contributed by atoms with Crippen LogP contribution in [0.5, 0.6) is 0 Å². The molecule has 2 aromatic carbocycles. The highest BCUT2D eigenvalue weighted by Crippen LogP contribution is 2.65. The second-order valence-electron chi connectivity index (χ2n) is 13.7. The number of carbonyl (C=O) groups is 3. The summed E-state index contributed by atoms with van der Waals surface area (Å²) in [5.74, 6) is -2.27. The molecule has 47 heavy (non-hydrogen) atoms. The SMILES string of the molecule is C=CCN(C(=O)[C@@H]1[C@H]2C(=O)N([C@@H](CO)Cc3ccccc3)C(C(=O)N(CC=C)C3CCCCC3)C23CC[C@@]1(CC)O3)c1ccccc1. The average Bonchev–Trinajstić information content (AvgIpc) is 3.72. The van der Waals surface area contributed by atoms with Gasteiger partial charge >= 0.3 is 0 Å². The topological polar surface area (TPSA) is 90.4 Å². The van der Waals surface area contributed by atoms with E-state index in [1.165, 1.54) is 0 Å². The molecule has 8 nitrogen and oxygen atoms in total. The van der Waals surface area contributed by atoms with E-state index < -0.39 is 35.1 Å². The van der Waals surface area contributed by atoms with Crippen LogP contribution in [0.15, 0.2) is 86.0 Å². The van der Waals surface area contributed by atoms with E-state index in [1.54, 1.807) is 22.0 Å². The lowest BCUT2D eigenvalue weighted by Gasteiger charge is -2.42. The summed E-state index contributed by atoms with van der Waals surface area (Å²) in [6.45, 7) is 10.2. The number of hydrogen-bond acceptors (Lipinski definition) is 5. The van der Waals surface area contributed by atoms with Gasteiger partial charge in [-0.15, -0.1) is 13.2 Å². The minimum Gasteiger partial charge on any atom is -0.394 e. The molecule has 3 aliphatic heterocycles. The summed E-state index contributed by atoms with van der Waals surface area (Å²) in [7, 11) is 0. The molecule has 2 aromatic rings. The van der Waals surface area contributed by atoms with E-state index in [4.69, 9.17) is 4.74 Å². The molecule has 2 bridgehead atoms. The molecule has 8 heteroatoms. The van der Waals surface area contributed by atoms with Crippen LogP contribution in [-0.4, -0.2) is 81.7 Å². The van der Waals surface area contributed by atoms with Crippen LogP contribution in [0.2, 0.25) is 0 Å². The first-order chi connectivity index (χ1) is 22.9. The predicted molar refractivity (Wildman–Crippen MR) is 182 cm³/mol. The lowest BCUT2D eigenvalue weighted by molar-refractivity contribution is -0.157. The van der Waals surface area contributed by atoms with E-state index in [1.807, 2.05) is 72.5 Å². The van der Waals surface area contributed by atoms with Gasteiger partial charge in [-0.2, -0.15) is 0 Å². The number of rotatable bonds is 13. The molecule has 1 N–H and O–H groups in total. The smallest absolute Gasteiger partial charge is 0.248 e. The summed E-state index contributed by atoms with van der Waals surface area (Å²) < 4.78 is 7.12. The Kier molecular flexibility index (Phi) is 9.72. The molecule has 3 amide bonds. The van der Waals surface area contributed by atoms with Gasteiger partial charge in [0.25, 0.3) is 0 Å². The highest BCUT2D eigenvalue weighted by molar-refractivity contribution is 6.03. The number of carbonyl (C=O) groups excluding carboxylic acids is 3. The van der Waals surface area contributed by atoms with Gasteiger partial charge in [-0.05, 0) is 56.2 Å². The second kappa shape index (κ2) is 13.8. The Hall–Kier alpha value is -3.75. The summed E-state index contributed by atoms with van der Waals surface area (Å²) in [5, 5.41) is 10.9. The zero-order valence-corrected chi connectivity index (χ0v) is 27.6. The van der Waals surface area contributed by atoms with E-state index in [2.05, 4.69) is 13.2 Å². The van der Waals surface area contributed by atoms with Gasteiger partial charge in [0, 0.05) is 24.8 Å². The third kappa shape index (κ3) is 5.63. The molecule has 2 unspecified atom stereocenters. The first-order valence-corrected chi connectivity index (χ1v) is 17.4. The number of aliphatic hydroxyl groups excluding tert-OH is 1. The van der Waals surface area contributed by atoms with Gasteiger partial charge in [-0.25, -0.2) is 0 Å². The van der Waals surface area contributed by atoms with Crippen LogP contribution in [0.1, 0.15) is 63.9 Å². The number of ether oxygens (including phenoxy) is 1. The Morgan fingerprint density at radius 3 is 2.26 bits per heavy atom. The lowest BCUT2D eigenvalue weighted by Crippen LogP contribution is -2.60. The molecule has 0 aromatic heterocycles. The van der Waals surface area contributed by atoms with E-state index >= 15 is 9.59 Å². The highest BCUT2D eigenvalue weighted by Gasteiger charge is 2.79. The number of amides is 3. The molecule has 6 rings (SSSR count). The van der Waals surface area contributed by atoms with Gasteiger partial charge in [0.2, 0.25) is 17.7 Å². The molecule has 1 aliphatic carbocycles. The van der Waals surface area contributed by atoms with Crippen LogP contribution >= 0.6 is 0 Å². The van der Waals surface area contributed by atoms with E-state index in [-0.39, 0.29) is 36.9 Å². The molecule has 1 saturated carbocycles. The van der Waals surface area contributed by atoms with Gasteiger partial charge in [0.15, 0.2) is 0 Å². The normalized spacial score (nSPS) is 28.9. The molecule has 0 radical (unpaired) electrons. The van der Waals surface area contributed by atoms with Crippen molar-refractivity contribution in [3.05, 3.63) is 91.5 Å². The average molecular weight is 640 g/mol. The molecular weight excluding hydrogens is 590 g/mol. The van der Waals surface area contributed by atoms with Crippen LogP contribution in [-0.2, 0) is 25.5 Å². The van der Waals surface area contributed by atoms with Crippen molar-refractivity contribution in [1.82, 2.24) is 9.80 Å². The van der Waals surface area contributed by atoms with E-state index in [0.29, 0.717) is 32.2 Å². The molecule has 3 saturated heterocycles. The van der Waals surface area contributed by atoms with Gasteiger partial charge in [-0.3, -0.25) is 14.4 Å². The second-order valence-corrected chi connectivity index (χ2v) is 13.7. The third-order valence-corrected chi connectivity index (χ3v) is 11.3. The van der Waals surface area contributed by atoms with Crippen LogP contribution in [0.4, 0.5) is 5.69 Å². The van der Waals surface area contributed by atoms with Crippen LogP contribution < -0.4 is 4.90 Å². The van der Waals surface area contributed by atoms with Crippen molar-refractivity contribution in [2.75, 3.05) is 24.6 Å². The van der Waals surface area contributed by atoms with Crippen LogP contribution in [0.3, 0.4) is 0 Å². The number of benzene rings is 2. The predicted octanol–water partition coefficient (Wildman–Crippen LogP) is 5.31. The molecule has 4 aliphatic rings. The fourth-order valence-corrected chi connectivity index (χ4v) is 9.18. The molecule has 1 spiro atoms. The minimum atomic E-state index is -1.18. The van der Waals surface area contributed by atoms with Gasteiger partial charge < -0.3 is 24.5 Å². The molecular formula is C39H49N3O5. The van der Waals surface area contributed by atoms with Crippen molar-refractivity contribution < 1.29 is 24.2 Å². The standard InChI is InChI=1S/C39H49N3O5/c1-4-24-40(29-18-12-8-13-19-29)35(44)32-33-36(45)42(31(27-43)26-28-16-10-7-11-17-28)34(39(33)23-22-38(32,6-3)47-39)37(46)41(25-5-2)30-20-14-9-15-21-30/h4-5,7-8,10-13,16-19,30-34,43H,1-2,6,9,14-15,20-27H2,3H3/t31-,32+,33+,34?,38-,39?/m1/s1. The zero-order chi connectivity index (χ0) is 33.2. The fraction of sp³-hybridized carbons (Fsp3) is 0.513. The third-order valence-electron chi connectivity index (χ3n) is 11.3. The number of hydrogen-bond donors (Lipinski definition) is 1. The number of para-hydroxylation sites is 1. The van der Waals surface area contributed by atoms with Crippen molar-refractivity contribution in [2.45, 2.75) is 94.0 Å². The molecule has 3 heterocycles. The Morgan fingerprint density at radius 2 is 1.64 bits per heavy atom. The summed E-state index contributed by atoms with van der Waals surface area (Å²) in [5.41, 5.74) is -0.376. The van der Waals surface area contributed by atoms with Crippen molar-refractivity contribution >= 4 is 23.4 Å². The van der Waals surface area contributed by atoms with E-state index in [9.17, 15) is 9.90 Å². The van der Waals surface area contributed by atoms with Gasteiger partial charge in [-0.1, -0.05) is 86.9 Å². The molecule has 6 atom stereocenters. The largest absolute Gasteiger partial charge is 0.394 e. The highest BCUT2D eigenvalue weighted by atomic mass is 16.5. The monoisotopic (exact) mass is 639 g/mol. The molecule has 250 valence electrons. The maximum absolute atomic E-state index is 15.1. The quantitative estimate of drug-likeness (QED) is 0.300. The fourth-order valence-electron chi connectivity index (χ4n) is 9.18. The number of nitrogens with zero attached hydrogens (tertiary/aromatic N) is 3. The summed E-state index contributed by atoms with van der Waals surface area (Å²) in [4.78, 5) is 50.3. The van der Waals surface area contributed by atoms with Crippen LogP contribution in [0.25, 0.3) is 0 Å². The Bertz CT molecular complexity index is 1460. The van der Waals surface area contributed by atoms with Gasteiger partial charge in [0.1, 0.15) is 11.6 Å². The Balaban J connectivity index is 1.47. The number of anilines is 1. The zero-order valence-electron chi connectivity index (χ0n) is 27.6. The Morgan fingerprint density at radius 1 is 0.979 bits per heavy atom. The maximum Gasteiger partial charge on any atom is 0.248 e. The lowest BCUT2D eigenvalue weighted by atomic mass is 9.64. The van der Waals surface area contributed by atoms with Crippen molar-refractivity contribution in [2.24, 2.45) is 11.8 Å². The first-order valence-electron chi connectivity index (χ1n) is 17.4. The van der Waals surface area contributed by atoms with E-state index in [0.717, 1.165) is 43.4 Å². The minimum absolute atomic E-state index is 0.0423. The van der Waals surface area contributed by atoms with Crippen LogP contribution in [0, 0.1) is 11.8 Å². The van der Waals surface area contributed by atoms with Crippen molar-refractivity contribution in [1.29, 1.82) is 0 Å². The Labute approximate surface area is 279 Å². The number of fused-ring (bicyclic) bond motifs is 1. The number of aliphatic hydroxyl groups is 1. The van der Waals surface area contributed by atoms with Gasteiger partial charge in [0.05, 0.1) is 30.1 Å².